The summed E-state index contributed by atoms with van der Waals surface area (Å²) in [5.41, 5.74) is 1.82. The van der Waals surface area contributed by atoms with E-state index in [1.165, 1.54) is 6.42 Å². The maximum Gasteiger partial charge on any atom is 0.254 e. The summed E-state index contributed by atoms with van der Waals surface area (Å²) in [5, 5.41) is 1.15. The molecule has 0 bridgehead atoms. The highest BCUT2D eigenvalue weighted by Crippen LogP contribution is 2.24. The Balaban J connectivity index is 1.89. The van der Waals surface area contributed by atoms with Gasteiger partial charge in [0.15, 0.2) is 0 Å². The van der Waals surface area contributed by atoms with Crippen molar-refractivity contribution in [2.75, 3.05) is 6.54 Å². The molecule has 1 aliphatic heterocycles. The van der Waals surface area contributed by atoms with Crippen LogP contribution in [-0.2, 0) is 0 Å². The Morgan fingerprint density at radius 2 is 2.11 bits per heavy atom. The molecule has 2 unspecified atom stereocenters. The minimum atomic E-state index is 0.163. The number of carbonyl (C=O) groups excluding carboxylic acids is 1. The monoisotopic (exact) mass is 256 g/mol. The fraction of sp³-hybridized carbons (Fsp3) is 0.438. The van der Waals surface area contributed by atoms with E-state index >= 15 is 0 Å². The molecule has 1 fully saturated rings. The average molecular weight is 256 g/mol. The molecule has 3 heteroatoms. The van der Waals surface area contributed by atoms with Crippen molar-refractivity contribution in [3.8, 4) is 0 Å². The predicted octanol–water partition coefficient (Wildman–Crippen LogP) is 3.43. The first-order chi connectivity index (χ1) is 9.15. The van der Waals surface area contributed by atoms with Gasteiger partial charge in [0.2, 0.25) is 0 Å². The van der Waals surface area contributed by atoms with E-state index in [-0.39, 0.29) is 5.91 Å². The Bertz CT molecular complexity index is 602. The number of fused-ring (bicyclic) bond motifs is 1. The standard InChI is InChI=1S/C16H20N2O/c1-11-3-4-12(2)18(10-11)16(19)14-6-5-13-7-8-17-15(13)9-14/h5-9,11-12,17H,3-4,10H2,1-2H3. The number of H-pyrrole nitrogens is 1. The summed E-state index contributed by atoms with van der Waals surface area (Å²) in [5.74, 6) is 0.768. The summed E-state index contributed by atoms with van der Waals surface area (Å²) < 4.78 is 0. The average Bonchev–Trinajstić information content (AvgIpc) is 2.88. The summed E-state index contributed by atoms with van der Waals surface area (Å²) >= 11 is 0. The minimum Gasteiger partial charge on any atom is -0.361 e. The van der Waals surface area contributed by atoms with Gasteiger partial charge in [-0.2, -0.15) is 0 Å². The predicted molar refractivity (Wildman–Crippen MR) is 77.2 cm³/mol. The van der Waals surface area contributed by atoms with E-state index in [0.717, 1.165) is 29.4 Å². The fourth-order valence-electron chi connectivity index (χ4n) is 2.92. The highest BCUT2D eigenvalue weighted by atomic mass is 16.2. The van der Waals surface area contributed by atoms with Crippen molar-refractivity contribution in [2.45, 2.75) is 32.7 Å². The van der Waals surface area contributed by atoms with Crippen molar-refractivity contribution in [1.29, 1.82) is 0 Å². The summed E-state index contributed by atoms with van der Waals surface area (Å²) in [6.07, 6.45) is 4.24. The van der Waals surface area contributed by atoms with E-state index in [1.54, 1.807) is 0 Å². The van der Waals surface area contributed by atoms with Crippen LogP contribution in [0.4, 0.5) is 0 Å². The molecule has 2 aromatic rings. The number of piperidine rings is 1. The van der Waals surface area contributed by atoms with Crippen LogP contribution in [0.5, 0.6) is 0 Å². The molecule has 2 heterocycles. The van der Waals surface area contributed by atoms with Crippen molar-refractivity contribution in [1.82, 2.24) is 9.88 Å². The number of nitrogens with zero attached hydrogens (tertiary/aromatic N) is 1. The number of rotatable bonds is 1. The van der Waals surface area contributed by atoms with Gasteiger partial charge in [-0.25, -0.2) is 0 Å². The molecule has 0 aliphatic carbocycles. The van der Waals surface area contributed by atoms with Crippen LogP contribution in [0.1, 0.15) is 37.0 Å². The first-order valence-corrected chi connectivity index (χ1v) is 7.03. The first-order valence-electron chi connectivity index (χ1n) is 7.03. The number of aromatic nitrogens is 1. The quantitative estimate of drug-likeness (QED) is 0.833. The van der Waals surface area contributed by atoms with Gasteiger partial charge in [0, 0.05) is 29.9 Å². The molecule has 2 atom stereocenters. The smallest absolute Gasteiger partial charge is 0.254 e. The molecule has 1 N–H and O–H groups in total. The Morgan fingerprint density at radius 3 is 2.95 bits per heavy atom. The molecular formula is C16H20N2O. The summed E-state index contributed by atoms with van der Waals surface area (Å²) in [6.45, 7) is 5.25. The lowest BCUT2D eigenvalue weighted by Gasteiger charge is -2.36. The number of amides is 1. The second kappa shape index (κ2) is 4.72. The highest BCUT2D eigenvalue weighted by molar-refractivity contribution is 5.98. The number of aromatic amines is 1. The van der Waals surface area contributed by atoms with Crippen molar-refractivity contribution < 1.29 is 4.79 Å². The molecule has 0 spiro atoms. The van der Waals surface area contributed by atoms with Gasteiger partial charge in [0.1, 0.15) is 0 Å². The molecule has 3 rings (SSSR count). The van der Waals surface area contributed by atoms with Gasteiger partial charge in [-0.1, -0.05) is 13.0 Å². The van der Waals surface area contributed by atoms with Gasteiger partial charge < -0.3 is 9.88 Å². The van der Waals surface area contributed by atoms with Gasteiger partial charge in [0.05, 0.1) is 0 Å². The van der Waals surface area contributed by atoms with Crippen LogP contribution < -0.4 is 0 Å². The van der Waals surface area contributed by atoms with Gasteiger partial charge in [-0.05, 0) is 49.3 Å². The van der Waals surface area contributed by atoms with E-state index in [2.05, 4.69) is 18.8 Å². The van der Waals surface area contributed by atoms with Gasteiger partial charge >= 0.3 is 0 Å². The van der Waals surface area contributed by atoms with Gasteiger partial charge in [-0.15, -0.1) is 0 Å². The topological polar surface area (TPSA) is 36.1 Å². The maximum atomic E-state index is 12.6. The molecular weight excluding hydrogens is 236 g/mol. The van der Waals surface area contributed by atoms with Crippen LogP contribution in [0.3, 0.4) is 0 Å². The van der Waals surface area contributed by atoms with Crippen LogP contribution in [0.15, 0.2) is 30.5 Å². The van der Waals surface area contributed by atoms with Crippen LogP contribution >= 0.6 is 0 Å². The SMILES string of the molecule is CC1CCC(C)N(C(=O)c2ccc3cc[nH]c3c2)C1. The molecule has 1 aromatic carbocycles. The summed E-state index contributed by atoms with van der Waals surface area (Å²) in [4.78, 5) is 17.8. The Morgan fingerprint density at radius 1 is 1.26 bits per heavy atom. The van der Waals surface area contributed by atoms with Crippen LogP contribution in [0.25, 0.3) is 10.9 Å². The molecule has 1 aliphatic rings. The molecule has 1 amide bonds. The number of hydrogen-bond donors (Lipinski definition) is 1. The van der Waals surface area contributed by atoms with E-state index < -0.39 is 0 Å². The third-order valence-electron chi connectivity index (χ3n) is 4.18. The van der Waals surface area contributed by atoms with Crippen LogP contribution in [-0.4, -0.2) is 28.4 Å². The maximum absolute atomic E-state index is 12.6. The molecule has 0 radical (unpaired) electrons. The Labute approximate surface area is 113 Å². The third kappa shape index (κ3) is 2.25. The zero-order valence-electron chi connectivity index (χ0n) is 11.5. The minimum absolute atomic E-state index is 0.163. The number of benzene rings is 1. The number of likely N-dealkylation sites (tertiary alicyclic amines) is 1. The van der Waals surface area contributed by atoms with E-state index in [0.29, 0.717) is 12.0 Å². The zero-order chi connectivity index (χ0) is 13.4. The zero-order valence-corrected chi connectivity index (χ0v) is 11.5. The van der Waals surface area contributed by atoms with Gasteiger partial charge in [-0.3, -0.25) is 4.79 Å². The molecule has 100 valence electrons. The highest BCUT2D eigenvalue weighted by Gasteiger charge is 2.27. The normalized spacial score (nSPS) is 23.8. The van der Waals surface area contributed by atoms with Crippen LogP contribution in [0.2, 0.25) is 0 Å². The lowest BCUT2D eigenvalue weighted by molar-refractivity contribution is 0.0574. The lowest BCUT2D eigenvalue weighted by Crippen LogP contribution is -2.44. The van der Waals surface area contributed by atoms with Crippen molar-refractivity contribution in [3.63, 3.8) is 0 Å². The molecule has 0 saturated carbocycles. The molecule has 1 aromatic heterocycles. The van der Waals surface area contributed by atoms with E-state index in [4.69, 9.17) is 0 Å². The van der Waals surface area contributed by atoms with E-state index in [1.807, 2.05) is 35.4 Å². The Kier molecular flexibility index (Phi) is 3.05. The van der Waals surface area contributed by atoms with Crippen molar-refractivity contribution in [3.05, 3.63) is 36.0 Å². The van der Waals surface area contributed by atoms with Gasteiger partial charge in [0.25, 0.3) is 5.91 Å². The largest absolute Gasteiger partial charge is 0.361 e. The molecule has 1 saturated heterocycles. The van der Waals surface area contributed by atoms with E-state index in [9.17, 15) is 4.79 Å². The van der Waals surface area contributed by atoms with Crippen molar-refractivity contribution >= 4 is 16.8 Å². The lowest BCUT2D eigenvalue weighted by atomic mass is 9.94. The second-order valence-corrected chi connectivity index (χ2v) is 5.77. The number of carbonyl (C=O) groups is 1. The number of nitrogens with one attached hydrogen (secondary N) is 1. The molecule has 19 heavy (non-hydrogen) atoms. The fourth-order valence-corrected chi connectivity index (χ4v) is 2.92. The molecule has 3 nitrogen and oxygen atoms in total. The van der Waals surface area contributed by atoms with Crippen molar-refractivity contribution in [2.24, 2.45) is 5.92 Å². The number of hydrogen-bond acceptors (Lipinski definition) is 1. The second-order valence-electron chi connectivity index (χ2n) is 5.77. The van der Waals surface area contributed by atoms with Crippen LogP contribution in [0, 0.1) is 5.92 Å². The first kappa shape index (κ1) is 12.3. The summed E-state index contributed by atoms with van der Waals surface area (Å²) in [7, 11) is 0. The third-order valence-corrected chi connectivity index (χ3v) is 4.18. The summed E-state index contributed by atoms with van der Waals surface area (Å²) in [6, 6.07) is 8.28. The Hall–Kier alpha value is -1.77.